The number of carbonyl (C=O) groups excluding carboxylic acids is 1. The molecule has 28 heavy (non-hydrogen) atoms. The highest BCUT2D eigenvalue weighted by atomic mass is 35.5. The van der Waals surface area contributed by atoms with Crippen LogP contribution in [0.25, 0.3) is 0 Å². The second-order valence-electron chi connectivity index (χ2n) is 8.04. The van der Waals surface area contributed by atoms with Crippen molar-refractivity contribution in [2.45, 2.75) is 70.1 Å². The summed E-state index contributed by atoms with van der Waals surface area (Å²) in [5, 5.41) is 8.93. The van der Waals surface area contributed by atoms with E-state index < -0.39 is 0 Å². The molecule has 1 atom stereocenters. The van der Waals surface area contributed by atoms with Gasteiger partial charge in [-0.15, -0.1) is 11.6 Å². The van der Waals surface area contributed by atoms with Gasteiger partial charge in [0.15, 0.2) is 0 Å². The minimum absolute atomic E-state index is 0.344. The van der Waals surface area contributed by atoms with Crippen LogP contribution >= 0.6 is 11.6 Å². The Hall–Kier alpha value is -1.74. The number of hydrogen-bond acceptors (Lipinski definition) is 3. The summed E-state index contributed by atoms with van der Waals surface area (Å²) >= 11 is 5.82. The number of alkyl halides is 1. The molecule has 1 saturated carbocycles. The molecule has 1 aromatic heterocycles. The molecule has 0 radical (unpaired) electrons. The number of hydrogen-bond donors (Lipinski definition) is 0. The summed E-state index contributed by atoms with van der Waals surface area (Å²) in [4.78, 5) is 11.7. The number of aromatic nitrogens is 2. The molecule has 1 unspecified atom stereocenters. The van der Waals surface area contributed by atoms with Gasteiger partial charge in [-0.3, -0.25) is 0 Å². The van der Waals surface area contributed by atoms with E-state index in [0.717, 1.165) is 54.3 Å². The van der Waals surface area contributed by atoms with E-state index in [1.165, 1.54) is 37.7 Å². The summed E-state index contributed by atoms with van der Waals surface area (Å²) in [6, 6.07) is 12.4. The molecule has 0 spiro atoms. The third-order valence-electron chi connectivity index (χ3n) is 6.05. The zero-order valence-corrected chi connectivity index (χ0v) is 17.6. The fraction of sp³-hybridized carbons (Fsp3) is 0.542. The molecule has 0 saturated heterocycles. The Balaban J connectivity index is 1.63. The molecule has 1 fully saturated rings. The Morgan fingerprint density at radius 3 is 2.39 bits per heavy atom. The van der Waals surface area contributed by atoms with Crippen molar-refractivity contribution in [2.75, 3.05) is 5.88 Å². The van der Waals surface area contributed by atoms with Crippen molar-refractivity contribution in [1.29, 1.82) is 0 Å². The van der Waals surface area contributed by atoms with Gasteiger partial charge in [0.25, 0.3) is 0 Å². The number of benzene rings is 1. The second-order valence-corrected chi connectivity index (χ2v) is 8.42. The summed E-state index contributed by atoms with van der Waals surface area (Å²) in [6.45, 7) is 2.17. The van der Waals surface area contributed by atoms with Crippen LogP contribution < -0.4 is 0 Å². The molecule has 1 aliphatic rings. The van der Waals surface area contributed by atoms with E-state index in [0.29, 0.717) is 5.92 Å². The molecule has 0 aliphatic heterocycles. The minimum atomic E-state index is -0.344. The lowest BCUT2D eigenvalue weighted by Crippen LogP contribution is -2.15. The number of nitrogens with zero attached hydrogens (tertiary/aromatic N) is 2. The van der Waals surface area contributed by atoms with Gasteiger partial charge in [0.2, 0.25) is 0 Å². The summed E-state index contributed by atoms with van der Waals surface area (Å²) in [5.41, 5.74) is 4.09. The van der Waals surface area contributed by atoms with Crippen molar-refractivity contribution in [1.82, 2.24) is 10.2 Å². The first-order valence-electron chi connectivity index (χ1n) is 10.7. The van der Waals surface area contributed by atoms with Crippen LogP contribution in [0.4, 0.5) is 0 Å². The quantitative estimate of drug-likeness (QED) is 0.381. The molecular formula is C24H31ClN2O. The lowest BCUT2D eigenvalue weighted by Gasteiger charge is -2.27. The molecule has 2 aromatic rings. The molecular weight excluding hydrogens is 368 g/mol. The molecule has 4 heteroatoms. The molecule has 0 bridgehead atoms. The molecule has 3 nitrogen and oxygen atoms in total. The topological polar surface area (TPSA) is 42.9 Å². The van der Waals surface area contributed by atoms with E-state index in [1.54, 1.807) is 0 Å². The monoisotopic (exact) mass is 398 g/mol. The van der Waals surface area contributed by atoms with Crippen LogP contribution in [-0.4, -0.2) is 22.4 Å². The third kappa shape index (κ3) is 5.41. The molecule has 0 N–H and O–H groups in total. The third-order valence-corrected chi connectivity index (χ3v) is 6.32. The van der Waals surface area contributed by atoms with Gasteiger partial charge in [-0.25, -0.2) is 0 Å². The van der Waals surface area contributed by atoms with Crippen molar-refractivity contribution >= 4 is 17.9 Å². The highest BCUT2D eigenvalue weighted by Gasteiger charge is 2.24. The van der Waals surface area contributed by atoms with E-state index in [-0.39, 0.29) is 5.92 Å². The van der Waals surface area contributed by atoms with Gasteiger partial charge in [0, 0.05) is 11.8 Å². The van der Waals surface area contributed by atoms with Crippen LogP contribution in [-0.2, 0) is 11.2 Å². The predicted octanol–water partition coefficient (Wildman–Crippen LogP) is 6.05. The maximum absolute atomic E-state index is 11.7. The average molecular weight is 399 g/mol. The van der Waals surface area contributed by atoms with Crippen molar-refractivity contribution in [3.05, 3.63) is 58.9 Å². The molecule has 1 aliphatic carbocycles. The first-order chi connectivity index (χ1) is 13.7. The van der Waals surface area contributed by atoms with Gasteiger partial charge in [-0.1, -0.05) is 37.6 Å². The lowest BCUT2D eigenvalue weighted by atomic mass is 9.79. The van der Waals surface area contributed by atoms with Crippen LogP contribution in [0.2, 0.25) is 0 Å². The number of carbonyl (C=O) groups is 1. The Morgan fingerprint density at radius 1 is 1.07 bits per heavy atom. The van der Waals surface area contributed by atoms with Crippen LogP contribution in [0.15, 0.2) is 36.4 Å². The van der Waals surface area contributed by atoms with Gasteiger partial charge >= 0.3 is 0 Å². The zero-order valence-electron chi connectivity index (χ0n) is 16.8. The normalized spacial score (nSPS) is 20.6. The number of aryl methyl sites for hydroxylation is 1. The van der Waals surface area contributed by atoms with Crippen molar-refractivity contribution < 1.29 is 4.79 Å². The maximum atomic E-state index is 11.7. The lowest BCUT2D eigenvalue weighted by molar-refractivity contribution is -0.108. The van der Waals surface area contributed by atoms with Gasteiger partial charge in [0.1, 0.15) is 6.29 Å². The Bertz CT molecular complexity index is 721. The predicted molar refractivity (Wildman–Crippen MR) is 115 cm³/mol. The van der Waals surface area contributed by atoms with Gasteiger partial charge in [0.05, 0.1) is 17.3 Å². The van der Waals surface area contributed by atoms with Gasteiger partial charge in [-0.2, -0.15) is 10.2 Å². The molecule has 150 valence electrons. The van der Waals surface area contributed by atoms with E-state index >= 15 is 0 Å². The molecule has 1 heterocycles. The largest absolute Gasteiger partial charge is 0.302 e. The minimum Gasteiger partial charge on any atom is -0.302 e. The average Bonchev–Trinajstić information content (AvgIpc) is 2.75. The number of halogens is 1. The Labute approximate surface area is 173 Å². The first kappa shape index (κ1) is 21.0. The summed E-state index contributed by atoms with van der Waals surface area (Å²) < 4.78 is 0. The fourth-order valence-electron chi connectivity index (χ4n) is 4.35. The highest BCUT2D eigenvalue weighted by molar-refractivity contribution is 6.17. The smallest absolute Gasteiger partial charge is 0.133 e. The van der Waals surface area contributed by atoms with Crippen molar-refractivity contribution in [2.24, 2.45) is 5.92 Å². The zero-order chi connectivity index (χ0) is 19.8. The van der Waals surface area contributed by atoms with Crippen LogP contribution in [0, 0.1) is 5.92 Å². The maximum Gasteiger partial charge on any atom is 0.133 e. The standard InChI is InChI=1S/C24H31ClN2O/c1-2-4-18-6-10-20(11-7-18)22(17-28)24-15-14-23(26-27-24)21-12-8-19(9-13-21)5-3-16-25/h6-7,10-11,14-15,17,19,21-22H,2-5,8-9,12-13,16H2,1H3. The van der Waals surface area contributed by atoms with E-state index in [1.807, 2.05) is 18.2 Å². The Kier molecular flexibility index (Phi) is 8.02. The second kappa shape index (κ2) is 10.7. The van der Waals surface area contributed by atoms with E-state index in [9.17, 15) is 4.79 Å². The first-order valence-corrected chi connectivity index (χ1v) is 11.2. The summed E-state index contributed by atoms with van der Waals surface area (Å²) in [6.07, 6.45) is 10.4. The van der Waals surface area contributed by atoms with Gasteiger partial charge in [-0.05, 0) is 74.1 Å². The summed E-state index contributed by atoms with van der Waals surface area (Å²) in [5.74, 6) is 1.74. The highest BCUT2D eigenvalue weighted by Crippen LogP contribution is 2.37. The molecule has 0 amide bonds. The Morgan fingerprint density at radius 2 is 1.82 bits per heavy atom. The van der Waals surface area contributed by atoms with E-state index in [2.05, 4.69) is 35.3 Å². The number of rotatable bonds is 9. The van der Waals surface area contributed by atoms with Crippen LogP contribution in [0.3, 0.4) is 0 Å². The fourth-order valence-corrected chi connectivity index (χ4v) is 4.50. The summed E-state index contributed by atoms with van der Waals surface area (Å²) in [7, 11) is 0. The molecule has 1 aromatic carbocycles. The van der Waals surface area contributed by atoms with Crippen molar-refractivity contribution in [3.8, 4) is 0 Å². The van der Waals surface area contributed by atoms with Crippen molar-refractivity contribution in [3.63, 3.8) is 0 Å². The SMILES string of the molecule is CCCc1ccc(C(C=O)c2ccc(C3CCC(CCCCl)CC3)nn2)cc1. The van der Waals surface area contributed by atoms with Crippen LogP contribution in [0.5, 0.6) is 0 Å². The van der Waals surface area contributed by atoms with Crippen LogP contribution in [0.1, 0.15) is 86.2 Å². The van der Waals surface area contributed by atoms with E-state index in [4.69, 9.17) is 11.6 Å². The van der Waals surface area contributed by atoms with Gasteiger partial charge < -0.3 is 4.79 Å². The molecule has 3 rings (SSSR count). The number of aldehydes is 1.